The fourth-order valence-electron chi connectivity index (χ4n) is 3.37. The zero-order chi connectivity index (χ0) is 19.8. The summed E-state index contributed by atoms with van der Waals surface area (Å²) in [4.78, 5) is 28.1. The number of fused-ring (bicyclic) bond motifs is 1. The molecule has 1 aromatic heterocycles. The number of H-pyrrole nitrogens is 1. The van der Waals surface area contributed by atoms with E-state index >= 15 is 0 Å². The van der Waals surface area contributed by atoms with Gasteiger partial charge < -0.3 is 20.4 Å². The minimum Gasteiger partial charge on any atom is -0.492 e. The van der Waals surface area contributed by atoms with Crippen LogP contribution in [0.5, 0.6) is 5.75 Å². The number of aryl methyl sites for hydroxylation is 1. The zero-order valence-corrected chi connectivity index (χ0v) is 16.5. The first-order chi connectivity index (χ1) is 13.7. The van der Waals surface area contributed by atoms with Gasteiger partial charge in [-0.2, -0.15) is 0 Å². The fraction of sp³-hybridized carbons (Fsp3) is 0.455. The Labute approximate surface area is 166 Å². The van der Waals surface area contributed by atoms with Gasteiger partial charge >= 0.3 is 0 Å². The Morgan fingerprint density at radius 1 is 1.14 bits per heavy atom. The lowest BCUT2D eigenvalue weighted by Gasteiger charge is -2.09. The number of Topliss-reactive ketones (excluding diaryl/α,β-unsaturated/α-hetero) is 1. The molecule has 1 aliphatic rings. The summed E-state index contributed by atoms with van der Waals surface area (Å²) < 4.78 is 5.70. The van der Waals surface area contributed by atoms with Crippen molar-refractivity contribution in [2.45, 2.75) is 45.4 Å². The quantitative estimate of drug-likeness (QED) is 0.452. The van der Waals surface area contributed by atoms with Crippen molar-refractivity contribution in [1.29, 1.82) is 0 Å². The first kappa shape index (κ1) is 20.1. The molecule has 0 bridgehead atoms. The lowest BCUT2D eigenvalue weighted by Crippen LogP contribution is -2.21. The van der Waals surface area contributed by atoms with Crippen LogP contribution >= 0.6 is 0 Å². The number of aromatic amines is 1. The standard InChI is InChI=1S/C22H29N3O3/c1-2-3-12-23-13-14-28-17-10-8-16(9-11-17)25-22(27)18-15-24-19-6-4-5-7-20(26)21(18)19/h8-11,15,23-24H,2-7,12-14H2,1H3,(H,25,27). The molecule has 1 amide bonds. The number of ether oxygens (including phenoxy) is 1. The largest absolute Gasteiger partial charge is 0.492 e. The second kappa shape index (κ2) is 10.1. The predicted octanol–water partition coefficient (Wildman–Crippen LogP) is 3.94. The molecule has 150 valence electrons. The SMILES string of the molecule is CCCCNCCOc1ccc(NC(=O)c2c[nH]c3c2C(=O)CCCC3)cc1. The van der Waals surface area contributed by atoms with Crippen molar-refractivity contribution >= 4 is 17.4 Å². The van der Waals surface area contributed by atoms with Crippen LogP contribution in [0.2, 0.25) is 0 Å². The van der Waals surface area contributed by atoms with Gasteiger partial charge in [-0.15, -0.1) is 0 Å². The Kier molecular flexibility index (Phi) is 7.25. The van der Waals surface area contributed by atoms with E-state index in [1.807, 2.05) is 24.3 Å². The number of benzene rings is 1. The molecule has 0 radical (unpaired) electrons. The molecule has 0 atom stereocenters. The zero-order valence-electron chi connectivity index (χ0n) is 16.5. The number of anilines is 1. The minimum atomic E-state index is -0.262. The molecule has 0 saturated carbocycles. The first-order valence-electron chi connectivity index (χ1n) is 10.2. The maximum absolute atomic E-state index is 12.7. The van der Waals surface area contributed by atoms with E-state index in [1.165, 1.54) is 12.8 Å². The molecule has 6 nitrogen and oxygen atoms in total. The number of hydrogen-bond acceptors (Lipinski definition) is 4. The van der Waals surface area contributed by atoms with Gasteiger partial charge in [0.1, 0.15) is 12.4 Å². The molecule has 6 heteroatoms. The summed E-state index contributed by atoms with van der Waals surface area (Å²) in [5.74, 6) is 0.553. The van der Waals surface area contributed by atoms with E-state index in [4.69, 9.17) is 4.74 Å². The number of nitrogens with one attached hydrogen (secondary N) is 3. The Balaban J connectivity index is 1.54. The molecule has 1 aromatic carbocycles. The molecule has 0 aliphatic heterocycles. The van der Waals surface area contributed by atoms with Gasteiger partial charge in [-0.05, 0) is 56.5 Å². The van der Waals surface area contributed by atoms with Crippen molar-refractivity contribution in [2.24, 2.45) is 0 Å². The molecule has 0 unspecified atom stereocenters. The maximum Gasteiger partial charge on any atom is 0.257 e. The molecule has 28 heavy (non-hydrogen) atoms. The van der Waals surface area contributed by atoms with E-state index < -0.39 is 0 Å². The third-order valence-corrected chi connectivity index (χ3v) is 4.93. The third-order valence-electron chi connectivity index (χ3n) is 4.93. The highest BCUT2D eigenvalue weighted by Crippen LogP contribution is 2.24. The molecule has 0 saturated heterocycles. The Morgan fingerprint density at radius 2 is 1.93 bits per heavy atom. The normalized spacial score (nSPS) is 13.7. The summed E-state index contributed by atoms with van der Waals surface area (Å²) in [6.45, 7) is 4.59. The Bertz CT molecular complexity index is 796. The van der Waals surface area contributed by atoms with E-state index in [1.54, 1.807) is 6.20 Å². The van der Waals surface area contributed by atoms with Crippen molar-refractivity contribution < 1.29 is 14.3 Å². The van der Waals surface area contributed by atoms with Crippen LogP contribution in [0.4, 0.5) is 5.69 Å². The average molecular weight is 383 g/mol. The van der Waals surface area contributed by atoms with Gasteiger partial charge in [0.2, 0.25) is 0 Å². The van der Waals surface area contributed by atoms with Crippen LogP contribution in [0.3, 0.4) is 0 Å². The van der Waals surface area contributed by atoms with Gasteiger partial charge in [0, 0.05) is 30.5 Å². The van der Waals surface area contributed by atoms with Crippen molar-refractivity contribution in [3.63, 3.8) is 0 Å². The molecule has 0 spiro atoms. The summed E-state index contributed by atoms with van der Waals surface area (Å²) >= 11 is 0. The third kappa shape index (κ3) is 5.23. The number of amides is 1. The lowest BCUT2D eigenvalue weighted by atomic mass is 10.0. The van der Waals surface area contributed by atoms with Crippen LogP contribution < -0.4 is 15.4 Å². The van der Waals surface area contributed by atoms with Gasteiger partial charge in [-0.3, -0.25) is 9.59 Å². The predicted molar refractivity (Wildman–Crippen MR) is 110 cm³/mol. The molecular weight excluding hydrogens is 354 g/mol. The number of carbonyl (C=O) groups is 2. The Hall–Kier alpha value is -2.60. The number of carbonyl (C=O) groups excluding carboxylic acids is 2. The summed E-state index contributed by atoms with van der Waals surface area (Å²) in [5.41, 5.74) is 2.55. The van der Waals surface area contributed by atoms with Crippen LogP contribution in [0, 0.1) is 0 Å². The van der Waals surface area contributed by atoms with Gasteiger partial charge in [0.05, 0.1) is 11.1 Å². The second-order valence-corrected chi connectivity index (χ2v) is 7.12. The van der Waals surface area contributed by atoms with E-state index in [-0.39, 0.29) is 11.7 Å². The van der Waals surface area contributed by atoms with Crippen LogP contribution in [0.15, 0.2) is 30.5 Å². The van der Waals surface area contributed by atoms with E-state index in [2.05, 4.69) is 22.5 Å². The van der Waals surface area contributed by atoms with Crippen molar-refractivity contribution in [1.82, 2.24) is 10.3 Å². The maximum atomic E-state index is 12.7. The summed E-state index contributed by atoms with van der Waals surface area (Å²) in [5, 5.41) is 6.20. The van der Waals surface area contributed by atoms with E-state index in [0.29, 0.717) is 29.8 Å². The van der Waals surface area contributed by atoms with Crippen molar-refractivity contribution in [3.8, 4) is 5.75 Å². The Morgan fingerprint density at radius 3 is 2.71 bits per heavy atom. The van der Waals surface area contributed by atoms with Gasteiger partial charge in [-0.25, -0.2) is 0 Å². The fourth-order valence-corrected chi connectivity index (χ4v) is 3.37. The van der Waals surface area contributed by atoms with Gasteiger partial charge in [-0.1, -0.05) is 13.3 Å². The summed E-state index contributed by atoms with van der Waals surface area (Å²) in [7, 11) is 0. The van der Waals surface area contributed by atoms with E-state index in [9.17, 15) is 9.59 Å². The van der Waals surface area contributed by atoms with Gasteiger partial charge in [0.25, 0.3) is 5.91 Å². The van der Waals surface area contributed by atoms with Crippen LogP contribution in [0.25, 0.3) is 0 Å². The topological polar surface area (TPSA) is 83.2 Å². The number of rotatable bonds is 9. The van der Waals surface area contributed by atoms with Crippen LogP contribution in [-0.4, -0.2) is 36.4 Å². The van der Waals surface area contributed by atoms with E-state index in [0.717, 1.165) is 43.8 Å². The molecule has 1 aliphatic carbocycles. The van der Waals surface area contributed by atoms with Crippen LogP contribution in [-0.2, 0) is 6.42 Å². The van der Waals surface area contributed by atoms with Gasteiger partial charge in [0.15, 0.2) is 5.78 Å². The number of ketones is 1. The van der Waals surface area contributed by atoms with Crippen molar-refractivity contribution in [2.75, 3.05) is 25.0 Å². The monoisotopic (exact) mass is 383 g/mol. The molecule has 1 heterocycles. The molecule has 0 fully saturated rings. The number of aromatic nitrogens is 1. The van der Waals surface area contributed by atoms with Crippen LogP contribution in [0.1, 0.15) is 65.4 Å². The lowest BCUT2D eigenvalue weighted by molar-refractivity contribution is 0.0965. The highest BCUT2D eigenvalue weighted by molar-refractivity contribution is 6.13. The highest BCUT2D eigenvalue weighted by atomic mass is 16.5. The minimum absolute atomic E-state index is 0.0511. The summed E-state index contributed by atoms with van der Waals surface area (Å²) in [6.07, 6.45) is 7.16. The molecule has 3 rings (SSSR count). The highest BCUT2D eigenvalue weighted by Gasteiger charge is 2.24. The van der Waals surface area contributed by atoms with Crippen molar-refractivity contribution in [3.05, 3.63) is 47.3 Å². The number of hydrogen-bond donors (Lipinski definition) is 3. The summed E-state index contributed by atoms with van der Waals surface area (Å²) in [6, 6.07) is 7.30. The molecular formula is C22H29N3O3. The molecule has 2 aromatic rings. The first-order valence-corrected chi connectivity index (χ1v) is 10.2. The molecule has 3 N–H and O–H groups in total. The second-order valence-electron chi connectivity index (χ2n) is 7.12. The average Bonchev–Trinajstić information content (AvgIpc) is 3.05. The smallest absolute Gasteiger partial charge is 0.257 e. The number of unbranched alkanes of at least 4 members (excludes halogenated alkanes) is 1.